The Balaban J connectivity index is 2.17. The lowest BCUT2D eigenvalue weighted by Gasteiger charge is -2.23. The maximum absolute atomic E-state index is 13.4. The van der Waals surface area contributed by atoms with E-state index in [1.807, 2.05) is 0 Å². The van der Waals surface area contributed by atoms with Crippen molar-refractivity contribution in [2.75, 3.05) is 24.2 Å². The zero-order valence-corrected chi connectivity index (χ0v) is 13.9. The van der Waals surface area contributed by atoms with Crippen molar-refractivity contribution in [1.82, 2.24) is 15.2 Å². The highest BCUT2D eigenvalue weighted by Crippen LogP contribution is 2.39. The number of nitrogens with two attached hydrogens (primary N) is 1. The molecule has 3 heterocycles. The molecule has 0 unspecified atom stereocenters. The lowest BCUT2D eigenvalue weighted by molar-refractivity contribution is -0.137. The predicted octanol–water partition coefficient (Wildman–Crippen LogP) is 3.09. The fraction of sp³-hybridized carbons (Fsp3) is 0.375. The maximum atomic E-state index is 13.4. The van der Waals surface area contributed by atoms with Crippen LogP contribution in [0.5, 0.6) is 0 Å². The lowest BCUT2D eigenvalue weighted by Crippen LogP contribution is -2.24. The summed E-state index contributed by atoms with van der Waals surface area (Å²) >= 11 is 0. The number of fused-ring (bicyclic) bond motifs is 5. The fourth-order valence-electron chi connectivity index (χ4n) is 2.55. The predicted molar refractivity (Wildman–Crippen MR) is 87.5 cm³/mol. The molecule has 0 amide bonds. The molecule has 0 saturated carbocycles. The van der Waals surface area contributed by atoms with Gasteiger partial charge < -0.3 is 15.1 Å². The van der Waals surface area contributed by atoms with Crippen LogP contribution in [-0.2, 0) is 6.18 Å². The van der Waals surface area contributed by atoms with Gasteiger partial charge in [0.15, 0.2) is 5.69 Å². The Labute approximate surface area is 146 Å². The standard InChI is InChI=1S/C16H16F3N5O2/c1-24-7-5-3-2-4-6-11(25)14-22-23-15(26-14)12-10(20)8-9(13(24)21-12)16(17,18)19/h2-3,8H,4-7,20H2,1H3. The summed E-state index contributed by atoms with van der Waals surface area (Å²) in [4.78, 5) is 17.4. The average Bonchev–Trinajstić information content (AvgIpc) is 3.05. The Morgan fingerprint density at radius 1 is 1.19 bits per heavy atom. The molecule has 0 aliphatic carbocycles. The molecule has 7 nitrogen and oxygen atoms in total. The molecule has 2 aromatic heterocycles. The minimum absolute atomic E-state index is 0.0843. The monoisotopic (exact) mass is 367 g/mol. The van der Waals surface area contributed by atoms with Gasteiger partial charge in [0.2, 0.25) is 5.78 Å². The van der Waals surface area contributed by atoms with E-state index in [9.17, 15) is 18.0 Å². The van der Waals surface area contributed by atoms with E-state index in [0.717, 1.165) is 6.07 Å². The van der Waals surface area contributed by atoms with Gasteiger partial charge in [0.1, 0.15) is 11.4 Å². The zero-order chi connectivity index (χ0) is 18.9. The quantitative estimate of drug-likeness (QED) is 0.715. The van der Waals surface area contributed by atoms with E-state index >= 15 is 0 Å². The molecule has 2 N–H and O–H groups in total. The van der Waals surface area contributed by atoms with Gasteiger partial charge in [-0.25, -0.2) is 4.98 Å². The van der Waals surface area contributed by atoms with Crippen LogP contribution in [0.2, 0.25) is 0 Å². The number of rotatable bonds is 0. The first-order valence-corrected chi connectivity index (χ1v) is 7.88. The van der Waals surface area contributed by atoms with Gasteiger partial charge in [-0.3, -0.25) is 4.79 Å². The number of hydrogen-bond donors (Lipinski definition) is 1. The number of hydrogen-bond acceptors (Lipinski definition) is 7. The van der Waals surface area contributed by atoms with Crippen LogP contribution < -0.4 is 10.6 Å². The van der Waals surface area contributed by atoms with E-state index in [1.165, 1.54) is 11.9 Å². The first-order valence-electron chi connectivity index (χ1n) is 7.88. The van der Waals surface area contributed by atoms with Gasteiger partial charge in [-0.05, 0) is 18.9 Å². The molecule has 0 radical (unpaired) electrons. The molecule has 26 heavy (non-hydrogen) atoms. The highest BCUT2D eigenvalue weighted by molar-refractivity contribution is 5.91. The van der Waals surface area contributed by atoms with Gasteiger partial charge in [-0.2, -0.15) is 13.2 Å². The third kappa shape index (κ3) is 3.53. The summed E-state index contributed by atoms with van der Waals surface area (Å²) in [5, 5.41) is 7.36. The molecule has 1 aliphatic heterocycles. The summed E-state index contributed by atoms with van der Waals surface area (Å²) in [7, 11) is 1.51. The number of carbonyl (C=O) groups is 1. The second kappa shape index (κ2) is 6.77. The number of anilines is 2. The number of pyridine rings is 1. The molecule has 4 bridgehead atoms. The highest BCUT2D eigenvalue weighted by atomic mass is 19.4. The van der Waals surface area contributed by atoms with E-state index in [0.29, 0.717) is 19.4 Å². The molecular formula is C16H16F3N5O2. The molecule has 0 aromatic carbocycles. The normalized spacial score (nSPS) is 15.8. The number of nitrogens with zero attached hydrogens (tertiary/aromatic N) is 4. The van der Waals surface area contributed by atoms with Gasteiger partial charge in [0, 0.05) is 20.0 Å². The summed E-state index contributed by atoms with van der Waals surface area (Å²) in [6.45, 7) is 0.305. The van der Waals surface area contributed by atoms with Gasteiger partial charge >= 0.3 is 6.18 Å². The van der Waals surface area contributed by atoms with Crippen molar-refractivity contribution in [3.05, 3.63) is 29.7 Å². The number of halogens is 3. The number of nitrogen functional groups attached to an aromatic ring is 1. The number of allylic oxidation sites excluding steroid dienone is 1. The lowest BCUT2D eigenvalue weighted by atomic mass is 10.1. The Morgan fingerprint density at radius 2 is 1.88 bits per heavy atom. The summed E-state index contributed by atoms with van der Waals surface area (Å²) in [6, 6.07) is 0.793. The van der Waals surface area contributed by atoms with Crippen molar-refractivity contribution < 1.29 is 22.4 Å². The minimum atomic E-state index is -4.62. The van der Waals surface area contributed by atoms with E-state index in [-0.39, 0.29) is 41.2 Å². The van der Waals surface area contributed by atoms with Crippen LogP contribution in [0.25, 0.3) is 11.6 Å². The van der Waals surface area contributed by atoms with E-state index in [1.54, 1.807) is 12.2 Å². The first kappa shape index (κ1) is 17.9. The maximum Gasteiger partial charge on any atom is 0.420 e. The Hall–Kier alpha value is -2.91. The zero-order valence-electron chi connectivity index (χ0n) is 13.9. The first-order chi connectivity index (χ1) is 12.3. The average molecular weight is 367 g/mol. The summed E-state index contributed by atoms with van der Waals surface area (Å²) in [6.07, 6.45) is 0.138. The van der Waals surface area contributed by atoms with Crippen LogP contribution in [0.15, 0.2) is 22.6 Å². The fourth-order valence-corrected chi connectivity index (χ4v) is 2.55. The SMILES string of the molecule is CN1CCC=CCCC(=O)c2nnc(o2)-c2nc1c(C(F)(F)F)cc2N. The van der Waals surface area contributed by atoms with Gasteiger partial charge in [-0.1, -0.05) is 12.2 Å². The van der Waals surface area contributed by atoms with E-state index in [4.69, 9.17) is 10.2 Å². The van der Waals surface area contributed by atoms with Crippen LogP contribution >= 0.6 is 0 Å². The Kier molecular flexibility index (Phi) is 4.66. The molecule has 3 rings (SSSR count). The Bertz CT molecular complexity index is 860. The summed E-state index contributed by atoms with van der Waals surface area (Å²) in [5.41, 5.74) is 4.45. The molecule has 0 atom stereocenters. The van der Waals surface area contributed by atoms with Crippen molar-refractivity contribution in [1.29, 1.82) is 0 Å². The smallest absolute Gasteiger partial charge is 0.412 e. The molecule has 10 heteroatoms. The third-order valence-electron chi connectivity index (χ3n) is 3.90. The number of Topliss-reactive ketones (excluding diaryl/α,β-unsaturated/α-hetero) is 1. The summed E-state index contributed by atoms with van der Waals surface area (Å²) < 4.78 is 45.5. The minimum Gasteiger partial charge on any atom is -0.412 e. The second-order valence-corrected chi connectivity index (χ2v) is 5.85. The molecule has 138 valence electrons. The largest absolute Gasteiger partial charge is 0.420 e. The molecule has 0 spiro atoms. The van der Waals surface area contributed by atoms with Crippen LogP contribution in [0, 0.1) is 0 Å². The van der Waals surface area contributed by atoms with Crippen molar-refractivity contribution in [2.24, 2.45) is 0 Å². The van der Waals surface area contributed by atoms with Crippen LogP contribution in [0.1, 0.15) is 35.5 Å². The van der Waals surface area contributed by atoms with Gasteiger partial charge in [0.25, 0.3) is 11.8 Å². The number of alkyl halides is 3. The van der Waals surface area contributed by atoms with E-state index < -0.39 is 11.7 Å². The van der Waals surface area contributed by atoms with Gasteiger partial charge in [0.05, 0.1) is 5.69 Å². The highest BCUT2D eigenvalue weighted by Gasteiger charge is 2.37. The molecule has 0 saturated heterocycles. The van der Waals surface area contributed by atoms with Crippen molar-refractivity contribution in [3.8, 4) is 11.6 Å². The van der Waals surface area contributed by atoms with Crippen LogP contribution in [0.4, 0.5) is 24.7 Å². The molecular weight excluding hydrogens is 351 g/mol. The number of ketones is 1. The van der Waals surface area contributed by atoms with Crippen LogP contribution in [0.3, 0.4) is 0 Å². The van der Waals surface area contributed by atoms with Crippen molar-refractivity contribution >= 4 is 17.3 Å². The molecule has 1 aliphatic rings. The number of carbonyl (C=O) groups excluding carboxylic acids is 1. The van der Waals surface area contributed by atoms with Crippen molar-refractivity contribution in [3.63, 3.8) is 0 Å². The molecule has 2 aromatic rings. The Morgan fingerprint density at radius 3 is 2.62 bits per heavy atom. The summed E-state index contributed by atoms with van der Waals surface area (Å²) in [5.74, 6) is -1.06. The second-order valence-electron chi connectivity index (χ2n) is 5.85. The van der Waals surface area contributed by atoms with E-state index in [2.05, 4.69) is 15.2 Å². The number of aromatic nitrogens is 3. The van der Waals surface area contributed by atoms with Crippen LogP contribution in [-0.4, -0.2) is 34.6 Å². The van der Waals surface area contributed by atoms with Gasteiger partial charge in [-0.15, -0.1) is 10.2 Å². The topological polar surface area (TPSA) is 98.1 Å². The van der Waals surface area contributed by atoms with Crippen molar-refractivity contribution in [2.45, 2.75) is 25.4 Å². The third-order valence-corrected chi connectivity index (χ3v) is 3.90. The molecule has 0 fully saturated rings.